The number of hydrogen-bond donors (Lipinski definition) is 1. The van der Waals surface area contributed by atoms with E-state index in [1.807, 2.05) is 13.8 Å². The number of likely N-dealkylation sites (N-methyl/N-ethyl adjacent to an activating group) is 1. The van der Waals surface area contributed by atoms with Crippen molar-refractivity contribution in [3.63, 3.8) is 0 Å². The Morgan fingerprint density at radius 3 is 1.81 bits per heavy atom. The largest absolute Gasteiger partial charge is 0.328 e. The number of anilines is 1. The van der Waals surface area contributed by atoms with Crippen LogP contribution in [0.1, 0.15) is 24.2 Å². The van der Waals surface area contributed by atoms with Crippen molar-refractivity contribution in [1.29, 1.82) is 0 Å². The second kappa shape index (κ2) is 11.5. The van der Waals surface area contributed by atoms with Crippen molar-refractivity contribution >= 4 is 28.9 Å². The lowest BCUT2D eigenvalue weighted by molar-refractivity contribution is -0.385. The van der Waals surface area contributed by atoms with Gasteiger partial charge in [0.25, 0.3) is 17.3 Å². The number of nitro groups is 2. The summed E-state index contributed by atoms with van der Waals surface area (Å²) in [5.74, 6) is -0.889. The van der Waals surface area contributed by atoms with Crippen LogP contribution in [-0.4, -0.2) is 64.2 Å². The molecule has 0 unspecified atom stereocenters. The van der Waals surface area contributed by atoms with Crippen LogP contribution in [0.25, 0.3) is 0 Å². The number of rotatable bonds is 11. The quantitative estimate of drug-likeness (QED) is 0.416. The third kappa shape index (κ3) is 6.84. The normalized spacial score (nSPS) is 10.6. The van der Waals surface area contributed by atoms with Gasteiger partial charge in [0.15, 0.2) is 0 Å². The lowest BCUT2D eigenvalue weighted by atomic mass is 10.1. The highest BCUT2D eigenvalue weighted by molar-refractivity contribution is 5.99. The Morgan fingerprint density at radius 2 is 1.34 bits per heavy atom. The molecule has 2 rings (SSSR count). The Balaban J connectivity index is 2.14. The predicted octanol–water partition coefficient (Wildman–Crippen LogP) is 2.93. The van der Waals surface area contributed by atoms with Crippen LogP contribution in [0.4, 0.5) is 17.1 Å². The number of carbonyl (C=O) groups excluding carboxylic acids is 2. The van der Waals surface area contributed by atoms with Gasteiger partial charge in [0.05, 0.1) is 9.85 Å². The van der Waals surface area contributed by atoms with E-state index in [2.05, 4.69) is 10.2 Å². The summed E-state index contributed by atoms with van der Waals surface area (Å²) in [5, 5.41) is 24.2. The van der Waals surface area contributed by atoms with Crippen molar-refractivity contribution < 1.29 is 19.4 Å². The lowest BCUT2D eigenvalue weighted by Crippen LogP contribution is -2.42. The zero-order chi connectivity index (χ0) is 23.7. The van der Waals surface area contributed by atoms with E-state index in [0.29, 0.717) is 12.2 Å². The van der Waals surface area contributed by atoms with Gasteiger partial charge >= 0.3 is 0 Å². The Labute approximate surface area is 184 Å². The molecule has 0 saturated heterocycles. The Morgan fingerprint density at radius 1 is 0.844 bits per heavy atom. The van der Waals surface area contributed by atoms with E-state index in [4.69, 9.17) is 0 Å². The van der Waals surface area contributed by atoms with Crippen molar-refractivity contribution in [1.82, 2.24) is 9.80 Å². The van der Waals surface area contributed by atoms with Crippen LogP contribution >= 0.6 is 0 Å². The molecule has 1 N–H and O–H groups in total. The molecule has 0 aliphatic carbocycles. The first-order valence-corrected chi connectivity index (χ1v) is 10.1. The molecule has 0 radical (unpaired) electrons. The predicted molar refractivity (Wildman–Crippen MR) is 119 cm³/mol. The SMILES string of the molecule is CCN(CC)CCN(CC(=O)Nc1ccc([N+](=O)[O-])cc1)C(=O)c1ccc([N+](=O)[O-])cc1. The smallest absolute Gasteiger partial charge is 0.269 e. The summed E-state index contributed by atoms with van der Waals surface area (Å²) in [6.07, 6.45) is 0. The highest BCUT2D eigenvalue weighted by Crippen LogP contribution is 2.16. The minimum Gasteiger partial charge on any atom is -0.328 e. The van der Waals surface area contributed by atoms with E-state index in [0.717, 1.165) is 13.1 Å². The maximum atomic E-state index is 13.0. The monoisotopic (exact) mass is 443 g/mol. The van der Waals surface area contributed by atoms with E-state index < -0.39 is 21.7 Å². The number of non-ortho nitro benzene ring substituents is 2. The highest BCUT2D eigenvalue weighted by atomic mass is 16.6. The van der Waals surface area contributed by atoms with Crippen molar-refractivity contribution in [2.45, 2.75) is 13.8 Å². The van der Waals surface area contributed by atoms with Crippen LogP contribution in [0.15, 0.2) is 48.5 Å². The fourth-order valence-electron chi connectivity index (χ4n) is 3.00. The third-order valence-corrected chi connectivity index (χ3v) is 4.89. The molecule has 2 aromatic rings. The summed E-state index contributed by atoms with van der Waals surface area (Å²) in [4.78, 5) is 49.6. The maximum absolute atomic E-state index is 13.0. The number of hydrogen-bond acceptors (Lipinski definition) is 7. The summed E-state index contributed by atoms with van der Waals surface area (Å²) in [6, 6.07) is 10.6. The zero-order valence-electron chi connectivity index (χ0n) is 17.9. The number of benzene rings is 2. The van der Waals surface area contributed by atoms with Crippen molar-refractivity contribution in [3.8, 4) is 0 Å². The molecule has 0 aliphatic rings. The lowest BCUT2D eigenvalue weighted by Gasteiger charge is -2.26. The van der Waals surface area contributed by atoms with Crippen LogP contribution < -0.4 is 5.32 Å². The molecular formula is C21H25N5O6. The molecule has 0 atom stereocenters. The third-order valence-electron chi connectivity index (χ3n) is 4.89. The van der Waals surface area contributed by atoms with Crippen molar-refractivity contribution in [2.75, 3.05) is 38.0 Å². The first kappa shape index (κ1) is 24.4. The second-order valence-electron chi connectivity index (χ2n) is 6.91. The number of nitrogens with one attached hydrogen (secondary N) is 1. The Bertz CT molecular complexity index is 958. The van der Waals surface area contributed by atoms with Crippen LogP contribution in [-0.2, 0) is 4.79 Å². The molecule has 0 bridgehead atoms. The molecule has 0 heterocycles. The number of amides is 2. The Hall–Kier alpha value is -3.86. The summed E-state index contributed by atoms with van der Waals surface area (Å²) < 4.78 is 0. The molecule has 0 spiro atoms. The maximum Gasteiger partial charge on any atom is 0.269 e. The van der Waals surface area contributed by atoms with E-state index in [1.165, 1.54) is 53.4 Å². The van der Waals surface area contributed by atoms with Gasteiger partial charge in [0.2, 0.25) is 5.91 Å². The molecule has 11 nitrogen and oxygen atoms in total. The molecule has 0 aromatic heterocycles. The second-order valence-corrected chi connectivity index (χ2v) is 6.91. The fourth-order valence-corrected chi connectivity index (χ4v) is 3.00. The topological polar surface area (TPSA) is 139 Å². The van der Waals surface area contributed by atoms with Gasteiger partial charge in [-0.1, -0.05) is 13.8 Å². The highest BCUT2D eigenvalue weighted by Gasteiger charge is 2.20. The average molecular weight is 443 g/mol. The van der Waals surface area contributed by atoms with Crippen LogP contribution in [0.3, 0.4) is 0 Å². The van der Waals surface area contributed by atoms with Gasteiger partial charge in [-0.2, -0.15) is 0 Å². The van der Waals surface area contributed by atoms with Gasteiger partial charge in [-0.15, -0.1) is 0 Å². The standard InChI is InChI=1S/C21H25N5O6/c1-3-23(4-2)13-14-24(21(28)16-5-9-18(10-6-16)25(29)30)15-20(27)22-17-7-11-19(12-8-17)26(31)32/h5-12H,3-4,13-15H2,1-2H3,(H,22,27). The molecule has 0 fully saturated rings. The van der Waals surface area contributed by atoms with Gasteiger partial charge in [-0.3, -0.25) is 29.8 Å². The van der Waals surface area contributed by atoms with Gasteiger partial charge in [0.1, 0.15) is 6.54 Å². The molecule has 11 heteroatoms. The number of nitro benzene ring substituents is 2. The zero-order valence-corrected chi connectivity index (χ0v) is 17.9. The average Bonchev–Trinajstić information content (AvgIpc) is 2.78. The molecular weight excluding hydrogens is 418 g/mol. The summed E-state index contributed by atoms with van der Waals surface area (Å²) in [5.41, 5.74) is 0.370. The molecule has 32 heavy (non-hydrogen) atoms. The summed E-state index contributed by atoms with van der Waals surface area (Å²) >= 11 is 0. The summed E-state index contributed by atoms with van der Waals surface area (Å²) in [6.45, 7) is 6.15. The first-order chi connectivity index (χ1) is 15.2. The van der Waals surface area contributed by atoms with Crippen LogP contribution in [0, 0.1) is 20.2 Å². The van der Waals surface area contributed by atoms with Gasteiger partial charge in [0, 0.05) is 48.6 Å². The van der Waals surface area contributed by atoms with Crippen molar-refractivity contribution in [2.24, 2.45) is 0 Å². The van der Waals surface area contributed by atoms with Gasteiger partial charge in [-0.25, -0.2) is 0 Å². The summed E-state index contributed by atoms with van der Waals surface area (Å²) in [7, 11) is 0. The van der Waals surface area contributed by atoms with Gasteiger partial charge < -0.3 is 15.1 Å². The number of carbonyl (C=O) groups is 2. The fraction of sp³-hybridized carbons (Fsp3) is 0.333. The van der Waals surface area contributed by atoms with E-state index >= 15 is 0 Å². The van der Waals surface area contributed by atoms with E-state index in [-0.39, 0.29) is 30.0 Å². The van der Waals surface area contributed by atoms with E-state index in [1.54, 1.807) is 0 Å². The first-order valence-electron chi connectivity index (χ1n) is 10.1. The minimum atomic E-state index is -0.552. The number of nitrogens with zero attached hydrogens (tertiary/aromatic N) is 4. The molecule has 2 aromatic carbocycles. The van der Waals surface area contributed by atoms with E-state index in [9.17, 15) is 29.8 Å². The minimum absolute atomic E-state index is 0.0998. The van der Waals surface area contributed by atoms with Gasteiger partial charge in [-0.05, 0) is 37.4 Å². The Kier molecular flexibility index (Phi) is 8.78. The van der Waals surface area contributed by atoms with Crippen LogP contribution in [0.5, 0.6) is 0 Å². The van der Waals surface area contributed by atoms with Crippen molar-refractivity contribution in [3.05, 3.63) is 74.3 Å². The molecule has 2 amide bonds. The molecule has 0 aliphatic heterocycles. The molecule has 0 saturated carbocycles. The molecule has 170 valence electrons. The van der Waals surface area contributed by atoms with Crippen LogP contribution in [0.2, 0.25) is 0 Å².